The summed E-state index contributed by atoms with van der Waals surface area (Å²) >= 11 is 0. The highest BCUT2D eigenvalue weighted by molar-refractivity contribution is 5.78. The summed E-state index contributed by atoms with van der Waals surface area (Å²) < 4.78 is 13.0. The van der Waals surface area contributed by atoms with Crippen molar-refractivity contribution < 1.29 is 14.3 Å². The van der Waals surface area contributed by atoms with Crippen molar-refractivity contribution in [2.24, 2.45) is 0 Å². The number of ether oxygens (including phenoxy) is 2. The van der Waals surface area contributed by atoms with Crippen LogP contribution in [0.15, 0.2) is 79.1 Å². The molecule has 4 heterocycles. The first-order valence-electron chi connectivity index (χ1n) is 12.1. The lowest BCUT2D eigenvalue weighted by Gasteiger charge is -2.35. The van der Waals surface area contributed by atoms with Crippen molar-refractivity contribution in [2.45, 2.75) is 18.9 Å². The van der Waals surface area contributed by atoms with E-state index in [1.54, 1.807) is 0 Å². The number of imidazole rings is 1. The summed E-state index contributed by atoms with van der Waals surface area (Å²) in [5.74, 6) is 1.76. The standard InChI is InChI=1S/C28H28N4O3/c33-28(31-14-12-30(13-15-31)19-21-9-10-25-26(16-21)35-20-34-25)17-23(22-6-2-1-3-7-22)24-18-29-27-8-4-5-11-32(24)27/h1-11,16,18,23H,12-15,17,19-20H2. The molecule has 0 aliphatic carbocycles. The van der Waals surface area contributed by atoms with Crippen molar-refractivity contribution in [3.63, 3.8) is 0 Å². The van der Waals surface area contributed by atoms with Crippen LogP contribution in [0.25, 0.3) is 5.65 Å². The summed E-state index contributed by atoms with van der Waals surface area (Å²) in [6.07, 6.45) is 4.35. The van der Waals surface area contributed by atoms with Gasteiger partial charge >= 0.3 is 0 Å². The Morgan fingerprint density at radius 3 is 2.57 bits per heavy atom. The lowest BCUT2D eigenvalue weighted by Crippen LogP contribution is -2.48. The Kier molecular flexibility index (Phi) is 5.84. The maximum absolute atomic E-state index is 13.5. The van der Waals surface area contributed by atoms with Gasteiger partial charge < -0.3 is 18.8 Å². The predicted octanol–water partition coefficient (Wildman–Crippen LogP) is 3.93. The van der Waals surface area contributed by atoms with Crippen molar-refractivity contribution in [1.29, 1.82) is 0 Å². The Morgan fingerprint density at radius 2 is 1.71 bits per heavy atom. The number of piperazine rings is 1. The normalized spacial score (nSPS) is 16.5. The molecule has 7 nitrogen and oxygen atoms in total. The molecule has 1 atom stereocenters. The zero-order valence-corrected chi connectivity index (χ0v) is 19.5. The van der Waals surface area contributed by atoms with Gasteiger partial charge in [0.2, 0.25) is 12.7 Å². The fourth-order valence-electron chi connectivity index (χ4n) is 5.05. The van der Waals surface area contributed by atoms with E-state index in [1.165, 1.54) is 5.56 Å². The van der Waals surface area contributed by atoms with E-state index in [4.69, 9.17) is 9.47 Å². The first-order valence-corrected chi connectivity index (χ1v) is 12.1. The maximum Gasteiger partial charge on any atom is 0.231 e. The van der Waals surface area contributed by atoms with Gasteiger partial charge in [-0.15, -0.1) is 0 Å². The molecule has 1 unspecified atom stereocenters. The minimum Gasteiger partial charge on any atom is -0.454 e. The van der Waals surface area contributed by atoms with Crippen LogP contribution >= 0.6 is 0 Å². The molecule has 2 aromatic heterocycles. The molecule has 0 spiro atoms. The van der Waals surface area contributed by atoms with Gasteiger partial charge in [-0.3, -0.25) is 9.69 Å². The highest BCUT2D eigenvalue weighted by Crippen LogP contribution is 2.33. The van der Waals surface area contributed by atoms with Gasteiger partial charge in [0.15, 0.2) is 11.5 Å². The van der Waals surface area contributed by atoms with Crippen molar-refractivity contribution in [1.82, 2.24) is 19.2 Å². The van der Waals surface area contributed by atoms with Gasteiger partial charge in [0.1, 0.15) is 5.65 Å². The lowest BCUT2D eigenvalue weighted by molar-refractivity contribution is -0.133. The number of pyridine rings is 1. The molecule has 2 aromatic carbocycles. The van der Waals surface area contributed by atoms with E-state index < -0.39 is 0 Å². The molecule has 4 aromatic rings. The number of aromatic nitrogens is 2. The Labute approximate surface area is 204 Å². The maximum atomic E-state index is 13.5. The quantitative estimate of drug-likeness (QED) is 0.429. The van der Waals surface area contributed by atoms with Crippen molar-refractivity contribution in [3.8, 4) is 11.5 Å². The SMILES string of the molecule is O=C(CC(c1ccccc1)c1cnc2ccccn12)N1CCN(Cc2ccc3c(c2)OCO3)CC1. The molecule has 0 N–H and O–H groups in total. The number of hydrogen-bond acceptors (Lipinski definition) is 5. The van der Waals surface area contributed by atoms with Crippen LogP contribution in [-0.4, -0.2) is 58.1 Å². The summed E-state index contributed by atoms with van der Waals surface area (Å²) in [7, 11) is 0. The topological polar surface area (TPSA) is 59.3 Å². The second kappa shape index (κ2) is 9.43. The van der Waals surface area contributed by atoms with E-state index in [1.807, 2.05) is 59.8 Å². The summed E-state index contributed by atoms with van der Waals surface area (Å²) in [6, 6.07) is 22.4. The molecular weight excluding hydrogens is 440 g/mol. The third-order valence-corrected chi connectivity index (χ3v) is 6.95. The largest absolute Gasteiger partial charge is 0.454 e. The smallest absolute Gasteiger partial charge is 0.231 e. The van der Waals surface area contributed by atoms with E-state index in [2.05, 4.69) is 38.6 Å². The highest BCUT2D eigenvalue weighted by Gasteiger charge is 2.27. The molecular formula is C28H28N4O3. The average molecular weight is 469 g/mol. The fourth-order valence-corrected chi connectivity index (χ4v) is 5.05. The minimum absolute atomic E-state index is 0.0484. The highest BCUT2D eigenvalue weighted by atomic mass is 16.7. The van der Waals surface area contributed by atoms with E-state index in [0.717, 1.165) is 61.1 Å². The average Bonchev–Trinajstić information content (AvgIpc) is 3.55. The van der Waals surface area contributed by atoms with Gasteiger partial charge in [-0.25, -0.2) is 4.98 Å². The van der Waals surface area contributed by atoms with E-state index in [9.17, 15) is 4.79 Å². The van der Waals surface area contributed by atoms with Crippen LogP contribution in [0.5, 0.6) is 11.5 Å². The zero-order valence-electron chi connectivity index (χ0n) is 19.5. The molecule has 2 aliphatic rings. The van der Waals surface area contributed by atoms with Crippen LogP contribution in [0, 0.1) is 0 Å². The molecule has 7 heteroatoms. The van der Waals surface area contributed by atoms with Gasteiger partial charge in [0.25, 0.3) is 0 Å². The number of rotatable bonds is 6. The molecule has 35 heavy (non-hydrogen) atoms. The number of nitrogens with zero attached hydrogens (tertiary/aromatic N) is 4. The van der Waals surface area contributed by atoms with Crippen molar-refractivity contribution in [2.75, 3.05) is 33.0 Å². The Balaban J connectivity index is 1.13. The van der Waals surface area contributed by atoms with Crippen LogP contribution < -0.4 is 9.47 Å². The van der Waals surface area contributed by atoms with Crippen LogP contribution in [0.4, 0.5) is 0 Å². The molecule has 6 rings (SSSR count). The van der Waals surface area contributed by atoms with Crippen LogP contribution in [0.3, 0.4) is 0 Å². The summed E-state index contributed by atoms with van der Waals surface area (Å²) in [4.78, 5) is 22.4. The molecule has 0 radical (unpaired) electrons. The predicted molar refractivity (Wildman–Crippen MR) is 133 cm³/mol. The first kappa shape index (κ1) is 21.7. The Morgan fingerprint density at radius 1 is 0.914 bits per heavy atom. The Hall–Kier alpha value is -3.84. The van der Waals surface area contributed by atoms with Gasteiger partial charge in [-0.2, -0.15) is 0 Å². The monoisotopic (exact) mass is 468 g/mol. The van der Waals surface area contributed by atoms with E-state index >= 15 is 0 Å². The Bertz CT molecular complexity index is 1330. The molecule has 2 aliphatic heterocycles. The van der Waals surface area contributed by atoms with Crippen LogP contribution in [0.1, 0.15) is 29.2 Å². The number of fused-ring (bicyclic) bond motifs is 2. The number of benzene rings is 2. The number of amides is 1. The van der Waals surface area contributed by atoms with Gasteiger partial charge in [-0.05, 0) is 35.4 Å². The second-order valence-electron chi connectivity index (χ2n) is 9.12. The number of carbonyl (C=O) groups is 1. The van der Waals surface area contributed by atoms with Gasteiger partial charge in [0, 0.05) is 57.5 Å². The van der Waals surface area contributed by atoms with Crippen LogP contribution in [0.2, 0.25) is 0 Å². The molecule has 0 bridgehead atoms. The summed E-state index contributed by atoms with van der Waals surface area (Å²) in [5.41, 5.74) is 4.27. The van der Waals surface area contributed by atoms with E-state index in [0.29, 0.717) is 13.2 Å². The molecule has 1 saturated heterocycles. The molecule has 178 valence electrons. The summed E-state index contributed by atoms with van der Waals surface area (Å²) in [5, 5.41) is 0. The van der Waals surface area contributed by atoms with Crippen LogP contribution in [-0.2, 0) is 11.3 Å². The van der Waals surface area contributed by atoms with E-state index in [-0.39, 0.29) is 11.8 Å². The van der Waals surface area contributed by atoms with Gasteiger partial charge in [0.05, 0.1) is 5.69 Å². The fraction of sp³-hybridized carbons (Fsp3) is 0.286. The molecule has 1 fully saturated rings. The third kappa shape index (κ3) is 4.47. The third-order valence-electron chi connectivity index (χ3n) is 6.95. The first-order chi connectivity index (χ1) is 17.2. The number of hydrogen-bond donors (Lipinski definition) is 0. The summed E-state index contributed by atoms with van der Waals surface area (Å²) in [6.45, 7) is 4.31. The number of carbonyl (C=O) groups excluding carboxylic acids is 1. The molecule has 1 amide bonds. The van der Waals surface area contributed by atoms with Crippen molar-refractivity contribution in [3.05, 3.63) is 95.9 Å². The molecule has 0 saturated carbocycles. The lowest BCUT2D eigenvalue weighted by atomic mass is 9.92. The second-order valence-corrected chi connectivity index (χ2v) is 9.12. The minimum atomic E-state index is -0.0484. The zero-order chi connectivity index (χ0) is 23.6. The van der Waals surface area contributed by atoms with Crippen molar-refractivity contribution >= 4 is 11.6 Å². The van der Waals surface area contributed by atoms with Gasteiger partial charge in [-0.1, -0.05) is 42.5 Å².